The third-order valence-electron chi connectivity index (χ3n) is 6.78. The first-order chi connectivity index (χ1) is 17.4. The van der Waals surface area contributed by atoms with Crippen molar-refractivity contribution in [2.24, 2.45) is 0 Å². The normalized spacial score (nSPS) is 15.1. The summed E-state index contributed by atoms with van der Waals surface area (Å²) in [5.74, 6) is 0.659. The van der Waals surface area contributed by atoms with Crippen molar-refractivity contribution in [3.8, 4) is 16.9 Å². The average Bonchev–Trinajstić information content (AvgIpc) is 2.87. The van der Waals surface area contributed by atoms with Gasteiger partial charge in [0.05, 0.1) is 17.3 Å². The van der Waals surface area contributed by atoms with Crippen molar-refractivity contribution in [1.82, 2.24) is 4.98 Å². The molecule has 6 rings (SSSR count). The highest BCUT2D eigenvalue weighted by Crippen LogP contribution is 2.48. The monoisotopic (exact) mass is 476 g/mol. The van der Waals surface area contributed by atoms with Crippen LogP contribution in [0.3, 0.4) is 0 Å². The number of carbonyl (C=O) groups excluding carboxylic acids is 1. The number of aromatic nitrogens is 1. The van der Waals surface area contributed by atoms with E-state index in [2.05, 4.69) is 6.07 Å². The van der Waals surface area contributed by atoms with E-state index in [4.69, 9.17) is 14.1 Å². The lowest BCUT2D eigenvalue weighted by Crippen LogP contribution is -2.24. The summed E-state index contributed by atoms with van der Waals surface area (Å²) in [5.41, 5.74) is 5.12. The number of anilines is 1. The van der Waals surface area contributed by atoms with Crippen LogP contribution in [-0.2, 0) is 4.79 Å². The molecule has 2 aromatic heterocycles. The predicted octanol–water partition coefficient (Wildman–Crippen LogP) is 5.82. The Hall–Kier alpha value is -4.45. The molecule has 6 heteroatoms. The van der Waals surface area contributed by atoms with Gasteiger partial charge in [-0.1, -0.05) is 48.5 Å². The number of hydrogen-bond donors (Lipinski definition) is 0. The number of rotatable bonds is 3. The maximum atomic E-state index is 13.1. The van der Waals surface area contributed by atoms with Gasteiger partial charge in [0, 0.05) is 48.2 Å². The number of ether oxygens (including phenoxy) is 1. The Labute approximate surface area is 207 Å². The largest absolute Gasteiger partial charge is 0.425 e. The molecule has 0 amide bonds. The third kappa shape index (κ3) is 3.53. The first-order valence-electron chi connectivity index (χ1n) is 11.8. The Bertz CT molecular complexity index is 1720. The second kappa shape index (κ2) is 8.34. The van der Waals surface area contributed by atoms with Crippen molar-refractivity contribution >= 4 is 33.7 Å². The standard InChI is InChI=1S/C30H24N2O4/c1-17-13-24-28(20(15-25(33)35-24)18-9-5-4-6-10-18)29-27(17)21(16-26(34)36-29)22-14-19-11-7-8-12-23(19)31-30(22)32(2)3/h4-15,21H,16H2,1-3H3/t21-/m1/s1. The Morgan fingerprint density at radius 1 is 0.944 bits per heavy atom. The van der Waals surface area contributed by atoms with Gasteiger partial charge in [-0.2, -0.15) is 0 Å². The summed E-state index contributed by atoms with van der Waals surface area (Å²) in [6.07, 6.45) is 0.192. The Morgan fingerprint density at radius 2 is 1.69 bits per heavy atom. The van der Waals surface area contributed by atoms with Crippen molar-refractivity contribution in [3.63, 3.8) is 0 Å². The van der Waals surface area contributed by atoms with E-state index < -0.39 is 5.63 Å². The first kappa shape index (κ1) is 22.0. The number of hydrogen-bond acceptors (Lipinski definition) is 6. The van der Waals surface area contributed by atoms with Gasteiger partial charge in [0.1, 0.15) is 17.2 Å². The molecule has 36 heavy (non-hydrogen) atoms. The molecular weight excluding hydrogens is 452 g/mol. The van der Waals surface area contributed by atoms with Crippen LogP contribution >= 0.6 is 0 Å². The molecule has 0 bridgehead atoms. The van der Waals surface area contributed by atoms with Crippen LogP contribution in [0.25, 0.3) is 33.0 Å². The van der Waals surface area contributed by atoms with Crippen LogP contribution in [0.5, 0.6) is 5.75 Å². The van der Waals surface area contributed by atoms with Gasteiger partial charge in [-0.15, -0.1) is 0 Å². The molecule has 0 saturated heterocycles. The molecular formula is C30H24N2O4. The Balaban J connectivity index is 1.69. The second-order valence-electron chi connectivity index (χ2n) is 9.37. The second-order valence-corrected chi connectivity index (χ2v) is 9.37. The number of esters is 1. The molecule has 1 aliphatic rings. The fourth-order valence-electron chi connectivity index (χ4n) is 5.25. The summed E-state index contributed by atoms with van der Waals surface area (Å²) in [6, 6.07) is 23.0. The molecule has 0 unspecified atom stereocenters. The van der Waals surface area contributed by atoms with Crippen LogP contribution in [0.15, 0.2) is 82.0 Å². The van der Waals surface area contributed by atoms with Crippen LogP contribution in [0.4, 0.5) is 5.82 Å². The highest BCUT2D eigenvalue weighted by molar-refractivity contribution is 6.02. The zero-order chi connectivity index (χ0) is 25.0. The molecule has 0 N–H and O–H groups in total. The molecule has 1 atom stereocenters. The highest BCUT2D eigenvalue weighted by atomic mass is 16.5. The quantitative estimate of drug-likeness (QED) is 0.186. The van der Waals surface area contributed by atoms with E-state index in [9.17, 15) is 9.59 Å². The van der Waals surface area contributed by atoms with E-state index in [1.165, 1.54) is 6.07 Å². The van der Waals surface area contributed by atoms with Crippen molar-refractivity contribution < 1.29 is 13.9 Å². The van der Waals surface area contributed by atoms with Gasteiger partial charge < -0.3 is 14.1 Å². The molecule has 3 heterocycles. The average molecular weight is 477 g/mol. The molecule has 0 saturated carbocycles. The Kier molecular flexibility index (Phi) is 5.11. The minimum Gasteiger partial charge on any atom is -0.425 e. The zero-order valence-electron chi connectivity index (χ0n) is 20.2. The van der Waals surface area contributed by atoms with E-state index in [0.717, 1.165) is 39.0 Å². The highest BCUT2D eigenvalue weighted by Gasteiger charge is 2.35. The zero-order valence-corrected chi connectivity index (χ0v) is 20.2. The maximum Gasteiger partial charge on any atom is 0.336 e. The van der Waals surface area contributed by atoms with E-state index in [-0.39, 0.29) is 18.3 Å². The summed E-state index contributed by atoms with van der Waals surface area (Å²) in [4.78, 5) is 32.4. The summed E-state index contributed by atoms with van der Waals surface area (Å²) in [6.45, 7) is 1.96. The maximum absolute atomic E-state index is 13.1. The summed E-state index contributed by atoms with van der Waals surface area (Å²) in [7, 11) is 3.91. The topological polar surface area (TPSA) is 72.6 Å². The minimum absolute atomic E-state index is 0.192. The first-order valence-corrected chi connectivity index (χ1v) is 11.8. The summed E-state index contributed by atoms with van der Waals surface area (Å²) >= 11 is 0. The lowest BCUT2D eigenvalue weighted by molar-refractivity contribution is -0.135. The number of carbonyl (C=O) groups is 1. The SMILES string of the molecule is Cc1cc2oc(=O)cc(-c3ccccc3)c2c2c1[C@@H](c1cc3ccccc3nc1N(C)C)CC(=O)O2. The van der Waals surface area contributed by atoms with Gasteiger partial charge in [0.25, 0.3) is 0 Å². The molecule has 3 aromatic carbocycles. The van der Waals surface area contributed by atoms with Crippen molar-refractivity contribution in [2.45, 2.75) is 19.3 Å². The van der Waals surface area contributed by atoms with Gasteiger partial charge in [-0.25, -0.2) is 9.78 Å². The molecule has 0 aliphatic carbocycles. The predicted molar refractivity (Wildman–Crippen MR) is 141 cm³/mol. The third-order valence-corrected chi connectivity index (χ3v) is 6.78. The number of benzene rings is 3. The molecule has 0 fully saturated rings. The number of aryl methyl sites for hydroxylation is 1. The van der Waals surface area contributed by atoms with Crippen LogP contribution in [0.2, 0.25) is 0 Å². The fraction of sp³-hybridized carbons (Fsp3) is 0.167. The van der Waals surface area contributed by atoms with Gasteiger partial charge >= 0.3 is 11.6 Å². The summed E-state index contributed by atoms with van der Waals surface area (Å²) in [5, 5.41) is 1.63. The van der Waals surface area contributed by atoms with Gasteiger partial charge in [0.15, 0.2) is 0 Å². The molecule has 0 radical (unpaired) electrons. The fourth-order valence-corrected chi connectivity index (χ4v) is 5.25. The van der Waals surface area contributed by atoms with Gasteiger partial charge in [-0.05, 0) is 36.2 Å². The molecule has 6 nitrogen and oxygen atoms in total. The molecule has 0 spiro atoms. The minimum atomic E-state index is -0.451. The smallest absolute Gasteiger partial charge is 0.336 e. The van der Waals surface area contributed by atoms with Crippen LogP contribution in [0, 0.1) is 6.92 Å². The van der Waals surface area contributed by atoms with Crippen molar-refractivity contribution in [2.75, 3.05) is 19.0 Å². The Morgan fingerprint density at radius 3 is 2.47 bits per heavy atom. The van der Waals surface area contributed by atoms with Crippen LogP contribution in [0.1, 0.15) is 29.0 Å². The number of pyridine rings is 1. The molecule has 1 aliphatic heterocycles. The van der Waals surface area contributed by atoms with Crippen LogP contribution < -0.4 is 15.3 Å². The van der Waals surface area contributed by atoms with Crippen LogP contribution in [-0.4, -0.2) is 25.0 Å². The molecule has 5 aromatic rings. The van der Waals surface area contributed by atoms with Gasteiger partial charge in [0.2, 0.25) is 0 Å². The van der Waals surface area contributed by atoms with E-state index in [1.54, 1.807) is 0 Å². The number of nitrogens with zero attached hydrogens (tertiary/aromatic N) is 2. The van der Waals surface area contributed by atoms with Crippen molar-refractivity contribution in [1.29, 1.82) is 0 Å². The molecule has 178 valence electrons. The van der Waals surface area contributed by atoms with E-state index >= 15 is 0 Å². The van der Waals surface area contributed by atoms with Crippen molar-refractivity contribution in [3.05, 3.63) is 99.9 Å². The summed E-state index contributed by atoms with van der Waals surface area (Å²) < 4.78 is 11.5. The van der Waals surface area contributed by atoms with E-state index in [0.29, 0.717) is 22.3 Å². The number of para-hydroxylation sites is 1. The number of fused-ring (bicyclic) bond motifs is 4. The van der Waals surface area contributed by atoms with E-state index in [1.807, 2.05) is 86.6 Å². The van der Waals surface area contributed by atoms with Gasteiger partial charge in [-0.3, -0.25) is 4.79 Å². The lowest BCUT2D eigenvalue weighted by Gasteiger charge is -2.30. The lowest BCUT2D eigenvalue weighted by atomic mass is 9.82.